The Morgan fingerprint density at radius 3 is 2.44 bits per heavy atom. The van der Waals surface area contributed by atoms with Crippen molar-refractivity contribution in [3.63, 3.8) is 0 Å². The number of carbonyl (C=O) groups is 3. The van der Waals surface area contributed by atoms with Crippen LogP contribution >= 0.6 is 0 Å². The first-order valence-electron chi connectivity index (χ1n) is 9.17. The highest BCUT2D eigenvalue weighted by molar-refractivity contribution is 5.87. The maximum absolute atomic E-state index is 12.9. The number of carboxylic acids is 1. The molecule has 2 saturated heterocycles. The highest BCUT2D eigenvalue weighted by Crippen LogP contribution is 2.27. The van der Waals surface area contributed by atoms with Crippen LogP contribution in [0, 0.1) is 0 Å². The molecule has 2 aliphatic heterocycles. The number of hydrogen-bond donors (Lipinski definition) is 2. The minimum absolute atomic E-state index is 0.126. The predicted molar refractivity (Wildman–Crippen MR) is 94.7 cm³/mol. The lowest BCUT2D eigenvalue weighted by Crippen LogP contribution is -2.53. The molecular formula is C19H24N2O6. The van der Waals surface area contributed by atoms with E-state index in [1.807, 2.05) is 30.3 Å². The van der Waals surface area contributed by atoms with Gasteiger partial charge < -0.3 is 19.8 Å². The zero-order chi connectivity index (χ0) is 19.4. The molecule has 0 radical (unpaired) electrons. The van der Waals surface area contributed by atoms with E-state index in [0.29, 0.717) is 38.8 Å². The van der Waals surface area contributed by atoms with Crippen LogP contribution in [-0.2, 0) is 20.9 Å². The molecule has 8 nitrogen and oxygen atoms in total. The van der Waals surface area contributed by atoms with E-state index in [1.54, 1.807) is 0 Å². The summed E-state index contributed by atoms with van der Waals surface area (Å²) in [6.45, 7) is 0.933. The Morgan fingerprint density at radius 2 is 1.74 bits per heavy atom. The van der Waals surface area contributed by atoms with Crippen molar-refractivity contribution in [3.8, 4) is 0 Å². The molecule has 3 rings (SSSR count). The Hall–Kier alpha value is -2.61. The third-order valence-electron chi connectivity index (χ3n) is 5.18. The largest absolute Gasteiger partial charge is 0.479 e. The number of amides is 2. The van der Waals surface area contributed by atoms with Gasteiger partial charge in [-0.15, -0.1) is 0 Å². The number of carboxylic acid groups (broad SMARTS) is 1. The number of aliphatic carboxylic acids is 1. The number of rotatable bonds is 5. The van der Waals surface area contributed by atoms with Crippen LogP contribution in [0.4, 0.5) is 4.79 Å². The molecule has 3 atom stereocenters. The van der Waals surface area contributed by atoms with E-state index in [4.69, 9.17) is 9.84 Å². The maximum atomic E-state index is 12.9. The van der Waals surface area contributed by atoms with E-state index in [2.05, 4.69) is 0 Å². The van der Waals surface area contributed by atoms with Gasteiger partial charge >= 0.3 is 12.1 Å². The second-order valence-electron chi connectivity index (χ2n) is 6.92. The second kappa shape index (κ2) is 8.39. The lowest BCUT2D eigenvalue weighted by molar-refractivity contribution is -0.152. The molecule has 2 fully saturated rings. The fourth-order valence-corrected chi connectivity index (χ4v) is 3.79. The Labute approximate surface area is 157 Å². The number of carbonyl (C=O) groups excluding carboxylic acids is 2. The smallest absolute Gasteiger partial charge is 0.410 e. The molecule has 2 heterocycles. The quantitative estimate of drug-likeness (QED) is 0.800. The van der Waals surface area contributed by atoms with E-state index in [9.17, 15) is 19.5 Å². The van der Waals surface area contributed by atoms with Crippen LogP contribution in [0.15, 0.2) is 30.3 Å². The van der Waals surface area contributed by atoms with E-state index in [0.717, 1.165) is 5.56 Å². The van der Waals surface area contributed by atoms with Crippen molar-refractivity contribution in [1.29, 1.82) is 0 Å². The summed E-state index contributed by atoms with van der Waals surface area (Å²) in [5.74, 6) is -1.66. The number of aliphatic hydroxyl groups excluding tert-OH is 1. The Bertz CT molecular complexity index is 695. The van der Waals surface area contributed by atoms with Crippen LogP contribution in [0.25, 0.3) is 0 Å². The molecule has 0 aliphatic carbocycles. The van der Waals surface area contributed by atoms with Crippen molar-refractivity contribution in [3.05, 3.63) is 35.9 Å². The van der Waals surface area contributed by atoms with Gasteiger partial charge in [-0.3, -0.25) is 9.69 Å². The molecule has 2 aliphatic rings. The zero-order valence-electron chi connectivity index (χ0n) is 15.0. The first-order valence-corrected chi connectivity index (χ1v) is 9.17. The Kier molecular flexibility index (Phi) is 5.95. The minimum Gasteiger partial charge on any atom is -0.479 e. The summed E-state index contributed by atoms with van der Waals surface area (Å²) in [4.78, 5) is 39.3. The predicted octanol–water partition coefficient (Wildman–Crippen LogP) is 1.22. The Balaban J connectivity index is 1.63. The normalized spacial score (nSPS) is 23.3. The topological polar surface area (TPSA) is 107 Å². The molecule has 0 saturated carbocycles. The second-order valence-corrected chi connectivity index (χ2v) is 6.92. The van der Waals surface area contributed by atoms with Gasteiger partial charge in [0, 0.05) is 13.1 Å². The molecule has 0 bridgehead atoms. The van der Waals surface area contributed by atoms with Crippen molar-refractivity contribution in [2.45, 2.75) is 50.5 Å². The molecule has 146 valence electrons. The molecule has 0 aromatic heterocycles. The molecular weight excluding hydrogens is 352 g/mol. The summed E-state index contributed by atoms with van der Waals surface area (Å²) < 4.78 is 5.34. The number of benzene rings is 1. The lowest BCUT2D eigenvalue weighted by atomic mass is 10.1. The molecule has 2 N–H and O–H groups in total. The molecule has 2 unspecified atom stereocenters. The van der Waals surface area contributed by atoms with Gasteiger partial charge in [-0.2, -0.15) is 0 Å². The van der Waals surface area contributed by atoms with Crippen LogP contribution in [-0.4, -0.2) is 69.3 Å². The Morgan fingerprint density at radius 1 is 1.07 bits per heavy atom. The first kappa shape index (κ1) is 19.2. The monoisotopic (exact) mass is 376 g/mol. The SMILES string of the molecule is O=C(O)C(O)C1CCCN1C(=O)[C@@H]1CCCN1C(=O)OCc1ccccc1. The van der Waals surface area contributed by atoms with Gasteiger partial charge in [-0.1, -0.05) is 30.3 Å². The van der Waals surface area contributed by atoms with Crippen molar-refractivity contribution in [1.82, 2.24) is 9.80 Å². The summed E-state index contributed by atoms with van der Waals surface area (Å²) >= 11 is 0. The molecule has 2 amide bonds. The van der Waals surface area contributed by atoms with Gasteiger partial charge in [-0.05, 0) is 31.2 Å². The molecule has 8 heteroatoms. The maximum Gasteiger partial charge on any atom is 0.410 e. The van der Waals surface area contributed by atoms with Crippen LogP contribution < -0.4 is 0 Å². The van der Waals surface area contributed by atoms with Gasteiger partial charge in [0.2, 0.25) is 5.91 Å². The van der Waals surface area contributed by atoms with Crippen LogP contribution in [0.2, 0.25) is 0 Å². The van der Waals surface area contributed by atoms with Crippen LogP contribution in [0.5, 0.6) is 0 Å². The van der Waals surface area contributed by atoms with E-state index in [-0.39, 0.29) is 12.5 Å². The van der Waals surface area contributed by atoms with Crippen LogP contribution in [0.1, 0.15) is 31.2 Å². The van der Waals surface area contributed by atoms with E-state index in [1.165, 1.54) is 9.80 Å². The van der Waals surface area contributed by atoms with Gasteiger partial charge in [-0.25, -0.2) is 9.59 Å². The lowest BCUT2D eigenvalue weighted by Gasteiger charge is -2.32. The third-order valence-corrected chi connectivity index (χ3v) is 5.18. The fourth-order valence-electron chi connectivity index (χ4n) is 3.79. The van der Waals surface area contributed by atoms with Crippen LogP contribution in [0.3, 0.4) is 0 Å². The molecule has 1 aromatic carbocycles. The average Bonchev–Trinajstić information content (AvgIpc) is 3.35. The highest BCUT2D eigenvalue weighted by atomic mass is 16.6. The number of hydrogen-bond acceptors (Lipinski definition) is 5. The first-order chi connectivity index (χ1) is 13.0. The number of aliphatic hydroxyl groups is 1. The van der Waals surface area contributed by atoms with E-state index < -0.39 is 30.3 Å². The third kappa shape index (κ3) is 4.21. The molecule has 0 spiro atoms. The van der Waals surface area contributed by atoms with Crippen molar-refractivity contribution < 1.29 is 29.3 Å². The summed E-state index contributed by atoms with van der Waals surface area (Å²) in [5, 5.41) is 18.9. The van der Waals surface area contributed by atoms with Crippen molar-refractivity contribution >= 4 is 18.0 Å². The van der Waals surface area contributed by atoms with Gasteiger partial charge in [0.15, 0.2) is 6.10 Å². The van der Waals surface area contributed by atoms with Crippen molar-refractivity contribution in [2.24, 2.45) is 0 Å². The highest BCUT2D eigenvalue weighted by Gasteiger charge is 2.43. The van der Waals surface area contributed by atoms with Crippen molar-refractivity contribution in [2.75, 3.05) is 13.1 Å². The van der Waals surface area contributed by atoms with E-state index >= 15 is 0 Å². The van der Waals surface area contributed by atoms with Gasteiger partial charge in [0.25, 0.3) is 0 Å². The summed E-state index contributed by atoms with van der Waals surface area (Å²) in [6.07, 6.45) is 0.0827. The number of likely N-dealkylation sites (tertiary alicyclic amines) is 2. The zero-order valence-corrected chi connectivity index (χ0v) is 15.0. The average molecular weight is 376 g/mol. The number of nitrogens with zero attached hydrogens (tertiary/aromatic N) is 2. The molecule has 27 heavy (non-hydrogen) atoms. The summed E-state index contributed by atoms with van der Waals surface area (Å²) in [6, 6.07) is 7.86. The minimum atomic E-state index is -1.61. The number of ether oxygens (including phenoxy) is 1. The standard InChI is InChI=1S/C19H24N2O6/c22-16(18(24)25)14-8-4-10-20(14)17(23)15-9-5-11-21(15)19(26)27-12-13-6-2-1-3-7-13/h1-3,6-7,14-16,22H,4-5,8-12H2,(H,24,25)/t14?,15-,16?/m0/s1. The van der Waals surface area contributed by atoms with Gasteiger partial charge in [0.1, 0.15) is 12.6 Å². The summed E-state index contributed by atoms with van der Waals surface area (Å²) in [5.41, 5.74) is 0.858. The van der Waals surface area contributed by atoms with Gasteiger partial charge in [0.05, 0.1) is 6.04 Å². The fraction of sp³-hybridized carbons (Fsp3) is 0.526. The molecule has 1 aromatic rings. The summed E-state index contributed by atoms with van der Waals surface area (Å²) in [7, 11) is 0.